The predicted molar refractivity (Wildman–Crippen MR) is 137 cm³/mol. The Morgan fingerprint density at radius 2 is 1.78 bits per heavy atom. The van der Waals surface area contributed by atoms with E-state index in [1.165, 1.54) is 0 Å². The molecule has 5 rings (SSSR count). The third-order valence-corrected chi connectivity index (χ3v) is 6.82. The molecule has 2 aromatic carbocycles. The van der Waals surface area contributed by atoms with Gasteiger partial charge < -0.3 is 20.1 Å². The molecule has 0 saturated carbocycles. The zero-order valence-corrected chi connectivity index (χ0v) is 20.0. The number of carboxylic acid groups (broad SMARTS) is 1. The van der Waals surface area contributed by atoms with Gasteiger partial charge in [0, 0.05) is 37.1 Å². The molecule has 184 valence electrons. The van der Waals surface area contributed by atoms with Crippen LogP contribution in [-0.4, -0.2) is 39.2 Å². The molecule has 2 N–H and O–H groups in total. The van der Waals surface area contributed by atoms with Gasteiger partial charge in [-0.3, -0.25) is 14.6 Å². The number of hydrogen-bond donors (Lipinski definition) is 2. The maximum atomic E-state index is 12.4. The number of rotatable bonds is 8. The van der Waals surface area contributed by atoms with Gasteiger partial charge in [0.05, 0.1) is 5.39 Å². The highest BCUT2D eigenvalue weighted by Gasteiger charge is 2.36. The zero-order chi connectivity index (χ0) is 25.4. The molecule has 0 spiro atoms. The molecule has 9 heteroatoms. The number of fused-ring (bicyclic) bond motifs is 1. The van der Waals surface area contributed by atoms with Crippen molar-refractivity contribution in [2.45, 2.75) is 51.2 Å². The van der Waals surface area contributed by atoms with Gasteiger partial charge >= 0.3 is 5.97 Å². The second-order valence-corrected chi connectivity index (χ2v) is 9.26. The minimum absolute atomic E-state index is 0.101. The van der Waals surface area contributed by atoms with Crippen LogP contribution in [0.4, 0.5) is 11.4 Å². The summed E-state index contributed by atoms with van der Waals surface area (Å²) < 4.78 is 5.93. The molecule has 0 aliphatic carbocycles. The van der Waals surface area contributed by atoms with Crippen LogP contribution >= 0.6 is 0 Å². The summed E-state index contributed by atoms with van der Waals surface area (Å²) in [7, 11) is 0. The van der Waals surface area contributed by atoms with Crippen LogP contribution in [0.15, 0.2) is 64.6 Å². The highest BCUT2D eigenvalue weighted by Crippen LogP contribution is 2.33. The molecule has 0 bridgehead atoms. The Morgan fingerprint density at radius 3 is 2.47 bits per heavy atom. The van der Waals surface area contributed by atoms with Gasteiger partial charge in [-0.15, -0.1) is 0 Å². The van der Waals surface area contributed by atoms with Crippen LogP contribution in [0, 0.1) is 0 Å². The first-order valence-corrected chi connectivity index (χ1v) is 11.9. The van der Waals surface area contributed by atoms with Crippen molar-refractivity contribution < 1.29 is 14.6 Å². The maximum Gasteiger partial charge on any atom is 0.326 e. The number of anilines is 2. The average molecular weight is 487 g/mol. The van der Waals surface area contributed by atoms with Crippen LogP contribution in [0.2, 0.25) is 0 Å². The summed E-state index contributed by atoms with van der Waals surface area (Å²) in [5, 5.41) is 14.4. The lowest BCUT2D eigenvalue weighted by Crippen LogP contribution is -2.48. The topological polar surface area (TPSA) is 122 Å². The maximum absolute atomic E-state index is 12.4. The number of carboxylic acids is 1. The Kier molecular flexibility index (Phi) is 6.13. The fraction of sp³-hybridized carbons (Fsp3) is 0.296. The van der Waals surface area contributed by atoms with Gasteiger partial charge in [-0.25, -0.2) is 9.78 Å². The Morgan fingerprint density at radius 1 is 1.08 bits per heavy atom. The molecule has 4 aromatic rings. The van der Waals surface area contributed by atoms with Crippen LogP contribution in [0.3, 0.4) is 0 Å². The predicted octanol–water partition coefficient (Wildman–Crippen LogP) is 3.50. The van der Waals surface area contributed by atoms with E-state index in [0.29, 0.717) is 17.3 Å². The molecule has 3 unspecified atom stereocenters. The first-order valence-electron chi connectivity index (χ1n) is 11.9. The van der Waals surface area contributed by atoms with E-state index >= 15 is 0 Å². The molecule has 1 aliphatic heterocycles. The van der Waals surface area contributed by atoms with Crippen LogP contribution < -0.4 is 25.8 Å². The molecular formula is C27H26N4O5. The molecule has 1 saturated heterocycles. The lowest BCUT2D eigenvalue weighted by molar-refractivity contribution is -0.137. The second kappa shape index (κ2) is 9.41. The third kappa shape index (κ3) is 4.28. The minimum atomic E-state index is -1.11. The molecule has 36 heavy (non-hydrogen) atoms. The first kappa shape index (κ1) is 23.5. The van der Waals surface area contributed by atoms with Crippen LogP contribution in [-0.2, 0) is 11.2 Å². The number of benzene rings is 1. The van der Waals surface area contributed by atoms with Crippen molar-refractivity contribution in [2.75, 3.05) is 10.2 Å². The van der Waals surface area contributed by atoms with Gasteiger partial charge in [0.1, 0.15) is 23.2 Å². The minimum Gasteiger partial charge on any atom is -0.480 e. The van der Waals surface area contributed by atoms with E-state index in [9.17, 15) is 19.5 Å². The van der Waals surface area contributed by atoms with Crippen molar-refractivity contribution in [3.05, 3.63) is 81.0 Å². The standard InChI is InChI=1S/C27H26N4O5/c1-15-3-4-16(2)31(15)23-22(24(32)25(23)33)30-21(27(34)35)13-17-5-7-19(8-6-17)36-26-20-14-28-11-9-18(20)10-12-29-26/h5-12,14-16,21,30H,3-4,13H2,1-2H3,(H,34,35). The number of pyridine rings is 2. The highest BCUT2D eigenvalue weighted by molar-refractivity contribution is 5.86. The number of ether oxygens (including phenoxy) is 1. The van der Waals surface area contributed by atoms with Gasteiger partial charge in [0.2, 0.25) is 5.88 Å². The monoisotopic (exact) mass is 486 g/mol. The summed E-state index contributed by atoms with van der Waals surface area (Å²) in [5.41, 5.74) is -0.0736. The highest BCUT2D eigenvalue weighted by atomic mass is 16.5. The smallest absolute Gasteiger partial charge is 0.326 e. The summed E-state index contributed by atoms with van der Waals surface area (Å²) >= 11 is 0. The number of carbonyl (C=O) groups is 1. The van der Waals surface area contributed by atoms with E-state index in [2.05, 4.69) is 15.3 Å². The molecule has 0 radical (unpaired) electrons. The van der Waals surface area contributed by atoms with Crippen molar-refractivity contribution in [2.24, 2.45) is 0 Å². The Balaban J connectivity index is 1.32. The largest absolute Gasteiger partial charge is 0.480 e. The molecular weight excluding hydrogens is 460 g/mol. The number of aliphatic carboxylic acids is 1. The average Bonchev–Trinajstić information content (AvgIpc) is 3.21. The molecule has 2 aromatic heterocycles. The van der Waals surface area contributed by atoms with Gasteiger partial charge in [-0.1, -0.05) is 12.1 Å². The second-order valence-electron chi connectivity index (χ2n) is 9.26. The Labute approximate surface area is 207 Å². The number of hydrogen-bond acceptors (Lipinski definition) is 8. The molecule has 3 heterocycles. The van der Waals surface area contributed by atoms with E-state index in [4.69, 9.17) is 4.74 Å². The summed E-state index contributed by atoms with van der Waals surface area (Å²) in [5.74, 6) is -0.134. The molecule has 1 fully saturated rings. The lowest BCUT2D eigenvalue weighted by Gasteiger charge is -2.32. The first-order chi connectivity index (χ1) is 17.3. The molecule has 1 aliphatic rings. The quantitative estimate of drug-likeness (QED) is 0.360. The van der Waals surface area contributed by atoms with E-state index in [1.54, 1.807) is 42.9 Å². The summed E-state index contributed by atoms with van der Waals surface area (Å²) in [6.45, 7) is 4.01. The van der Waals surface area contributed by atoms with Crippen LogP contribution in [0.25, 0.3) is 10.8 Å². The third-order valence-electron chi connectivity index (χ3n) is 6.82. The Hall–Kier alpha value is -4.27. The van der Waals surface area contributed by atoms with Crippen molar-refractivity contribution in [1.29, 1.82) is 0 Å². The summed E-state index contributed by atoms with van der Waals surface area (Å²) in [6.07, 6.45) is 7.01. The SMILES string of the molecule is CC1CCC(C)N1c1c(NC(Cc2ccc(Oc3nccc4ccncc34)cc2)C(=O)O)c(=O)c1=O. The van der Waals surface area contributed by atoms with Gasteiger partial charge in [0.15, 0.2) is 0 Å². The number of nitrogens with zero attached hydrogens (tertiary/aromatic N) is 3. The summed E-state index contributed by atoms with van der Waals surface area (Å²) in [4.78, 5) is 47.1. The fourth-order valence-electron chi connectivity index (χ4n) is 4.88. The van der Waals surface area contributed by atoms with Crippen LogP contribution in [0.5, 0.6) is 11.6 Å². The molecule has 0 amide bonds. The van der Waals surface area contributed by atoms with Crippen molar-refractivity contribution in [3.8, 4) is 11.6 Å². The van der Waals surface area contributed by atoms with E-state index in [0.717, 1.165) is 29.2 Å². The molecule has 9 nitrogen and oxygen atoms in total. The van der Waals surface area contributed by atoms with Crippen molar-refractivity contribution in [1.82, 2.24) is 9.97 Å². The van der Waals surface area contributed by atoms with Gasteiger partial charge in [-0.2, -0.15) is 0 Å². The molecule has 3 atom stereocenters. The van der Waals surface area contributed by atoms with Crippen LogP contribution in [0.1, 0.15) is 32.3 Å². The normalized spacial score (nSPS) is 18.4. The van der Waals surface area contributed by atoms with Gasteiger partial charge in [-0.05, 0) is 61.9 Å². The van der Waals surface area contributed by atoms with E-state index < -0.39 is 22.9 Å². The zero-order valence-electron chi connectivity index (χ0n) is 20.0. The lowest BCUT2D eigenvalue weighted by atomic mass is 10.0. The Bertz CT molecular complexity index is 1480. The number of aromatic nitrogens is 2. The van der Waals surface area contributed by atoms with Crippen molar-refractivity contribution in [3.63, 3.8) is 0 Å². The van der Waals surface area contributed by atoms with E-state index in [1.807, 2.05) is 30.9 Å². The number of nitrogens with one attached hydrogen (secondary N) is 1. The van der Waals surface area contributed by atoms with Crippen molar-refractivity contribution >= 4 is 28.1 Å². The van der Waals surface area contributed by atoms with Gasteiger partial charge in [0.25, 0.3) is 10.9 Å². The summed E-state index contributed by atoms with van der Waals surface area (Å²) in [6, 6.07) is 9.92. The van der Waals surface area contributed by atoms with E-state index in [-0.39, 0.29) is 24.2 Å². The fourth-order valence-corrected chi connectivity index (χ4v) is 4.88.